The average molecular weight is 389 g/mol. The Hall–Kier alpha value is -2.64. The third-order valence-electron chi connectivity index (χ3n) is 4.79. The molecule has 7 heteroatoms. The number of hydrogen-bond acceptors (Lipinski definition) is 7. The van der Waals surface area contributed by atoms with E-state index in [9.17, 15) is 0 Å². The molecule has 3 rings (SSSR count). The van der Waals surface area contributed by atoms with E-state index in [1.807, 2.05) is 30.3 Å². The zero-order valence-electron chi connectivity index (χ0n) is 16.7. The van der Waals surface area contributed by atoms with Crippen LogP contribution in [0, 0.1) is 0 Å². The van der Waals surface area contributed by atoms with E-state index in [1.165, 1.54) is 0 Å². The molecule has 1 aliphatic heterocycles. The van der Waals surface area contributed by atoms with Crippen LogP contribution < -0.4 is 29.4 Å². The van der Waals surface area contributed by atoms with Crippen LogP contribution in [0.15, 0.2) is 30.3 Å². The Balaban J connectivity index is 2.06. The minimum Gasteiger partial charge on any atom is -0.497 e. The fourth-order valence-electron chi connectivity index (χ4n) is 3.46. The lowest BCUT2D eigenvalue weighted by Gasteiger charge is -2.33. The maximum absolute atomic E-state index is 6.04. The van der Waals surface area contributed by atoms with E-state index in [-0.39, 0.29) is 5.92 Å². The van der Waals surface area contributed by atoms with E-state index in [1.54, 1.807) is 28.4 Å². The molecule has 0 radical (unpaired) electrons. The van der Waals surface area contributed by atoms with Gasteiger partial charge in [0.15, 0.2) is 11.5 Å². The van der Waals surface area contributed by atoms with Gasteiger partial charge in [-0.05, 0) is 23.8 Å². The van der Waals surface area contributed by atoms with Crippen LogP contribution in [0.2, 0.25) is 0 Å². The minimum atomic E-state index is -0.410. The number of fused-ring (bicyclic) bond motifs is 1. The molecule has 2 unspecified atom stereocenters. The summed E-state index contributed by atoms with van der Waals surface area (Å²) in [6.07, 6.45) is 0.227. The lowest BCUT2D eigenvalue weighted by atomic mass is 9.85. The van der Waals surface area contributed by atoms with Gasteiger partial charge in [0.1, 0.15) is 11.5 Å². The average Bonchev–Trinajstić information content (AvgIpc) is 2.75. The zero-order chi connectivity index (χ0) is 20.1. The molecule has 152 valence electrons. The Morgan fingerprint density at radius 3 is 2.25 bits per heavy atom. The lowest BCUT2D eigenvalue weighted by molar-refractivity contribution is -0.0912. The first-order chi connectivity index (χ1) is 13.6. The molecule has 2 aromatic carbocycles. The van der Waals surface area contributed by atoms with E-state index < -0.39 is 6.29 Å². The van der Waals surface area contributed by atoms with Crippen LogP contribution in [0.3, 0.4) is 0 Å². The number of hydrogen-bond donors (Lipinski definition) is 1. The molecule has 2 atom stereocenters. The summed E-state index contributed by atoms with van der Waals surface area (Å²) in [5.41, 5.74) is 7.66. The largest absolute Gasteiger partial charge is 0.497 e. The summed E-state index contributed by atoms with van der Waals surface area (Å²) < 4.78 is 33.7. The molecule has 0 fully saturated rings. The zero-order valence-corrected chi connectivity index (χ0v) is 16.7. The quantitative estimate of drug-likeness (QED) is 0.743. The second kappa shape index (κ2) is 9.03. The van der Waals surface area contributed by atoms with Gasteiger partial charge in [0.2, 0.25) is 12.0 Å². The monoisotopic (exact) mass is 389 g/mol. The second-order valence-electron chi connectivity index (χ2n) is 6.36. The predicted molar refractivity (Wildman–Crippen MR) is 105 cm³/mol. The molecule has 0 saturated carbocycles. The predicted octanol–water partition coefficient (Wildman–Crippen LogP) is 2.94. The molecule has 7 nitrogen and oxygen atoms in total. The van der Waals surface area contributed by atoms with Crippen LogP contribution in [0.4, 0.5) is 0 Å². The normalized spacial score (nSPS) is 18.0. The van der Waals surface area contributed by atoms with Crippen molar-refractivity contribution < 1.29 is 28.4 Å². The molecule has 0 amide bonds. The molecular formula is C21H27NO6. The topological polar surface area (TPSA) is 81.4 Å². The Labute approximate surface area is 165 Å². The fourth-order valence-corrected chi connectivity index (χ4v) is 3.46. The standard InChI is InChI=1S/C21H27NO6/c1-23-14-5-6-15-16(12-20(27-8-7-22)28-17(15)11-14)13-9-18(24-2)21(26-4)19(10-13)25-3/h5-6,9-11,16,20H,7-8,12,22H2,1-4H3. The first kappa shape index (κ1) is 20.1. The number of benzene rings is 2. The van der Waals surface area contributed by atoms with Gasteiger partial charge in [0.05, 0.1) is 35.0 Å². The summed E-state index contributed by atoms with van der Waals surface area (Å²) in [7, 11) is 6.43. The van der Waals surface area contributed by atoms with Crippen molar-refractivity contribution in [1.29, 1.82) is 0 Å². The van der Waals surface area contributed by atoms with Crippen LogP contribution in [-0.2, 0) is 4.74 Å². The van der Waals surface area contributed by atoms with Crippen molar-refractivity contribution in [2.24, 2.45) is 5.73 Å². The van der Waals surface area contributed by atoms with Crippen molar-refractivity contribution in [1.82, 2.24) is 0 Å². The van der Waals surface area contributed by atoms with Crippen LogP contribution in [-0.4, -0.2) is 47.9 Å². The fraction of sp³-hybridized carbons (Fsp3) is 0.429. The smallest absolute Gasteiger partial charge is 0.203 e. The summed E-state index contributed by atoms with van der Waals surface area (Å²) in [6, 6.07) is 9.74. The first-order valence-electron chi connectivity index (χ1n) is 9.11. The van der Waals surface area contributed by atoms with Gasteiger partial charge in [0.25, 0.3) is 0 Å². The summed E-state index contributed by atoms with van der Waals surface area (Å²) in [6.45, 7) is 0.853. The number of methoxy groups -OCH3 is 4. The van der Waals surface area contributed by atoms with Gasteiger partial charge >= 0.3 is 0 Å². The summed E-state index contributed by atoms with van der Waals surface area (Å²) in [5, 5.41) is 0. The Morgan fingerprint density at radius 2 is 1.68 bits per heavy atom. The highest BCUT2D eigenvalue weighted by Gasteiger charge is 2.31. The summed E-state index contributed by atoms with van der Waals surface area (Å²) >= 11 is 0. The van der Waals surface area contributed by atoms with Gasteiger partial charge in [-0.3, -0.25) is 0 Å². The Kier molecular flexibility index (Phi) is 6.49. The molecular weight excluding hydrogens is 362 g/mol. The van der Waals surface area contributed by atoms with Gasteiger partial charge in [0, 0.05) is 30.5 Å². The lowest BCUT2D eigenvalue weighted by Crippen LogP contribution is -2.30. The van der Waals surface area contributed by atoms with Gasteiger partial charge in [-0.25, -0.2) is 0 Å². The maximum atomic E-state index is 6.04. The van der Waals surface area contributed by atoms with Crippen molar-refractivity contribution >= 4 is 0 Å². The second-order valence-corrected chi connectivity index (χ2v) is 6.36. The van der Waals surface area contributed by atoms with E-state index in [2.05, 4.69) is 0 Å². The van der Waals surface area contributed by atoms with Gasteiger partial charge < -0.3 is 34.2 Å². The van der Waals surface area contributed by atoms with E-state index in [0.29, 0.717) is 36.8 Å². The van der Waals surface area contributed by atoms with Crippen LogP contribution in [0.1, 0.15) is 23.5 Å². The molecule has 2 aromatic rings. The molecule has 2 N–H and O–H groups in total. The van der Waals surface area contributed by atoms with Crippen molar-refractivity contribution in [2.75, 3.05) is 41.6 Å². The molecule has 1 heterocycles. The molecule has 0 aliphatic carbocycles. The Morgan fingerprint density at radius 1 is 0.964 bits per heavy atom. The van der Waals surface area contributed by atoms with E-state index in [4.69, 9.17) is 34.2 Å². The molecule has 0 spiro atoms. The maximum Gasteiger partial charge on any atom is 0.203 e. The van der Waals surface area contributed by atoms with Crippen molar-refractivity contribution in [3.8, 4) is 28.7 Å². The van der Waals surface area contributed by atoms with Gasteiger partial charge in [-0.1, -0.05) is 6.07 Å². The van der Waals surface area contributed by atoms with Gasteiger partial charge in [-0.2, -0.15) is 0 Å². The molecule has 1 aliphatic rings. The third kappa shape index (κ3) is 3.95. The van der Waals surface area contributed by atoms with Crippen LogP contribution >= 0.6 is 0 Å². The third-order valence-corrected chi connectivity index (χ3v) is 4.79. The highest BCUT2D eigenvalue weighted by Crippen LogP contribution is 2.46. The van der Waals surface area contributed by atoms with Crippen molar-refractivity contribution in [3.05, 3.63) is 41.5 Å². The molecule has 0 aromatic heterocycles. The number of nitrogens with two attached hydrogens (primary N) is 1. The number of rotatable bonds is 8. The van der Waals surface area contributed by atoms with E-state index >= 15 is 0 Å². The molecule has 28 heavy (non-hydrogen) atoms. The van der Waals surface area contributed by atoms with Crippen molar-refractivity contribution in [2.45, 2.75) is 18.6 Å². The van der Waals surface area contributed by atoms with Crippen LogP contribution in [0.25, 0.3) is 0 Å². The molecule has 0 bridgehead atoms. The SMILES string of the molecule is COc1ccc2c(c1)OC(OCCN)CC2c1cc(OC)c(OC)c(OC)c1. The first-order valence-corrected chi connectivity index (χ1v) is 9.11. The number of ether oxygens (including phenoxy) is 6. The van der Waals surface area contributed by atoms with Gasteiger partial charge in [-0.15, -0.1) is 0 Å². The highest BCUT2D eigenvalue weighted by molar-refractivity contribution is 5.57. The molecule has 0 saturated heterocycles. The van der Waals surface area contributed by atoms with Crippen molar-refractivity contribution in [3.63, 3.8) is 0 Å². The minimum absolute atomic E-state index is 0.0196. The summed E-state index contributed by atoms with van der Waals surface area (Å²) in [4.78, 5) is 0. The summed E-state index contributed by atoms with van der Waals surface area (Å²) in [5.74, 6) is 3.25. The van der Waals surface area contributed by atoms with Crippen LogP contribution in [0.5, 0.6) is 28.7 Å². The van der Waals surface area contributed by atoms with E-state index in [0.717, 1.165) is 22.6 Å². The highest BCUT2D eigenvalue weighted by atomic mass is 16.7. The Bertz CT molecular complexity index is 784.